The van der Waals surface area contributed by atoms with Gasteiger partial charge in [-0.25, -0.2) is 29.9 Å². The molecule has 62 heavy (non-hydrogen) atoms. The normalized spacial score (nSPS) is 20.7. The Kier molecular flexibility index (Phi) is 10.2. The number of amides is 2. The SMILES string of the molecule is CC(C)C(Nc1ncccn1)C(=O)N1CCCC1c1nc2ccc(-c3ccc4cc(-c5cnc(C67CCC(CN6C(=O)C(Nc6ncccn6)C(C)C)C7)[nH]5)ccc4c3)cc2[nH]1. The van der Waals surface area contributed by atoms with Gasteiger partial charge in [-0.1, -0.05) is 58.0 Å². The quantitative estimate of drug-likeness (QED) is 0.0942. The number of hydrogen-bond donors (Lipinski definition) is 4. The molecule has 2 aliphatic heterocycles. The molecular weight excluding hydrogens is 777 g/mol. The smallest absolute Gasteiger partial charge is 0.246 e. The summed E-state index contributed by atoms with van der Waals surface area (Å²) in [5, 5.41) is 8.84. The van der Waals surface area contributed by atoms with E-state index in [-0.39, 0.29) is 29.7 Å². The summed E-state index contributed by atoms with van der Waals surface area (Å²) in [7, 11) is 0. The van der Waals surface area contributed by atoms with E-state index in [0.29, 0.717) is 24.4 Å². The second-order valence-electron chi connectivity index (χ2n) is 17.9. The fraction of sp³-hybridized carbons (Fsp3) is 0.375. The number of aromatic amines is 2. The molecule has 316 valence electrons. The number of aromatic nitrogens is 8. The maximum atomic E-state index is 14.3. The Hall–Kier alpha value is -6.70. The Morgan fingerprint density at radius 3 is 2.05 bits per heavy atom. The van der Waals surface area contributed by atoms with E-state index in [2.05, 4.69) is 114 Å². The van der Waals surface area contributed by atoms with Crippen LogP contribution in [0.15, 0.2) is 97.7 Å². The van der Waals surface area contributed by atoms with Crippen molar-refractivity contribution in [2.75, 3.05) is 23.7 Å². The predicted octanol–water partition coefficient (Wildman–Crippen LogP) is 8.13. The van der Waals surface area contributed by atoms with Crippen LogP contribution in [0, 0.1) is 17.8 Å². The Labute approximate surface area is 360 Å². The third-order valence-corrected chi connectivity index (χ3v) is 13.2. The lowest BCUT2D eigenvalue weighted by atomic mass is 9.93. The van der Waals surface area contributed by atoms with Crippen LogP contribution in [0.4, 0.5) is 11.9 Å². The molecule has 1 saturated carbocycles. The van der Waals surface area contributed by atoms with Gasteiger partial charge in [0.05, 0.1) is 29.0 Å². The number of rotatable bonds is 12. The van der Waals surface area contributed by atoms with E-state index >= 15 is 0 Å². The number of carbonyl (C=O) groups excluding carboxylic acids is 2. The van der Waals surface area contributed by atoms with Crippen molar-refractivity contribution < 1.29 is 9.59 Å². The maximum absolute atomic E-state index is 14.3. The number of hydrogen-bond acceptors (Lipinski definition) is 10. The molecule has 1 aliphatic carbocycles. The van der Waals surface area contributed by atoms with Gasteiger partial charge in [0.2, 0.25) is 23.7 Å². The molecule has 5 atom stereocenters. The topological polar surface area (TPSA) is 174 Å². The number of likely N-dealkylation sites (tertiary alicyclic amines) is 2. The number of fused-ring (bicyclic) bond motifs is 4. The molecule has 3 aromatic carbocycles. The summed E-state index contributed by atoms with van der Waals surface area (Å²) in [6, 6.07) is 21.9. The molecule has 4 aromatic heterocycles. The number of nitrogens with zero attached hydrogens (tertiary/aromatic N) is 8. The molecule has 2 bridgehead atoms. The Bertz CT molecular complexity index is 2750. The van der Waals surface area contributed by atoms with Gasteiger partial charge in [0.1, 0.15) is 29.3 Å². The molecule has 14 heteroatoms. The largest absolute Gasteiger partial charge is 0.342 e. The van der Waals surface area contributed by atoms with Crippen molar-refractivity contribution in [1.29, 1.82) is 0 Å². The van der Waals surface area contributed by atoms with E-state index in [0.717, 1.165) is 94.5 Å². The summed E-state index contributed by atoms with van der Waals surface area (Å²) in [6.07, 6.45) is 13.3. The van der Waals surface area contributed by atoms with Crippen LogP contribution in [-0.2, 0) is 15.1 Å². The summed E-state index contributed by atoms with van der Waals surface area (Å²) in [4.78, 5) is 66.8. The van der Waals surface area contributed by atoms with Crippen LogP contribution in [0.2, 0.25) is 0 Å². The molecule has 3 fully saturated rings. The zero-order valence-corrected chi connectivity index (χ0v) is 35.5. The number of carbonyl (C=O) groups is 2. The van der Waals surface area contributed by atoms with E-state index in [9.17, 15) is 9.59 Å². The monoisotopic (exact) mass is 828 g/mol. The number of anilines is 2. The van der Waals surface area contributed by atoms with Crippen molar-refractivity contribution in [1.82, 2.24) is 49.7 Å². The van der Waals surface area contributed by atoms with Gasteiger partial charge in [0.15, 0.2) is 0 Å². The van der Waals surface area contributed by atoms with Gasteiger partial charge in [-0.3, -0.25) is 9.59 Å². The van der Waals surface area contributed by atoms with Crippen molar-refractivity contribution in [3.8, 4) is 22.4 Å². The summed E-state index contributed by atoms with van der Waals surface area (Å²) in [5.41, 5.74) is 5.52. The number of piperidine rings is 1. The van der Waals surface area contributed by atoms with E-state index in [1.54, 1.807) is 36.9 Å². The second-order valence-corrected chi connectivity index (χ2v) is 17.9. The van der Waals surface area contributed by atoms with Crippen LogP contribution in [0.25, 0.3) is 44.2 Å². The number of nitrogens with one attached hydrogen (secondary N) is 4. The zero-order valence-electron chi connectivity index (χ0n) is 35.5. The lowest BCUT2D eigenvalue weighted by Crippen LogP contribution is -2.53. The van der Waals surface area contributed by atoms with Crippen molar-refractivity contribution in [2.24, 2.45) is 17.8 Å². The highest BCUT2D eigenvalue weighted by Crippen LogP contribution is 2.52. The summed E-state index contributed by atoms with van der Waals surface area (Å²) >= 11 is 0. The predicted molar refractivity (Wildman–Crippen MR) is 240 cm³/mol. The maximum Gasteiger partial charge on any atom is 0.246 e. The van der Waals surface area contributed by atoms with Gasteiger partial charge >= 0.3 is 0 Å². The highest BCUT2D eigenvalue weighted by molar-refractivity contribution is 5.92. The standard InChI is InChI=1S/C48H52N12O2/c1-28(2)40(57-46-49-17-6-18-50-46)43(61)59-21-5-8-39(59)42-54-36-14-13-34(24-37(36)55-42)32-9-10-33-23-35(12-11-31(33)22-32)38-26-53-45(56-38)48-16-15-30(25-48)27-60(48)44(62)41(29(3)4)58-47-51-19-7-20-52-47/h6-7,9-14,17-20,22-24,26,28-30,39-41H,5,8,15-16,21,25,27H2,1-4H3,(H,53,56)(H,54,55)(H,49,50,57)(H,51,52,58). The number of H-pyrrole nitrogens is 2. The van der Waals surface area contributed by atoms with Crippen LogP contribution >= 0.6 is 0 Å². The average molecular weight is 829 g/mol. The fourth-order valence-electron chi connectivity index (χ4n) is 9.98. The first-order valence-electron chi connectivity index (χ1n) is 21.9. The Morgan fingerprint density at radius 1 is 0.742 bits per heavy atom. The van der Waals surface area contributed by atoms with Crippen molar-refractivity contribution in [2.45, 2.75) is 83.5 Å². The Balaban J connectivity index is 0.862. The van der Waals surface area contributed by atoms with Crippen LogP contribution < -0.4 is 10.6 Å². The minimum Gasteiger partial charge on any atom is -0.342 e. The molecule has 4 N–H and O–H groups in total. The van der Waals surface area contributed by atoms with Gasteiger partial charge in [-0.05, 0) is 108 Å². The molecule has 7 aromatic rings. The lowest BCUT2D eigenvalue weighted by Gasteiger charge is -2.40. The van der Waals surface area contributed by atoms with Crippen molar-refractivity contribution >= 4 is 45.5 Å². The highest BCUT2D eigenvalue weighted by atomic mass is 16.2. The summed E-state index contributed by atoms with van der Waals surface area (Å²) in [6.45, 7) is 9.59. The first-order valence-corrected chi connectivity index (χ1v) is 21.9. The molecule has 5 unspecified atom stereocenters. The van der Waals surface area contributed by atoms with Gasteiger partial charge < -0.3 is 30.4 Å². The molecule has 0 spiro atoms. The Morgan fingerprint density at radius 2 is 1.37 bits per heavy atom. The molecule has 6 heterocycles. The zero-order chi connectivity index (χ0) is 42.5. The summed E-state index contributed by atoms with van der Waals surface area (Å²) < 4.78 is 0. The molecule has 14 nitrogen and oxygen atoms in total. The second kappa shape index (κ2) is 16.0. The van der Waals surface area contributed by atoms with Crippen molar-refractivity contribution in [3.63, 3.8) is 0 Å². The van der Waals surface area contributed by atoms with Gasteiger partial charge in [0.25, 0.3) is 0 Å². The molecule has 10 rings (SSSR count). The van der Waals surface area contributed by atoms with Gasteiger partial charge in [0, 0.05) is 43.4 Å². The molecular formula is C48H52N12O2. The molecule has 2 saturated heterocycles. The minimum atomic E-state index is -0.463. The third-order valence-electron chi connectivity index (χ3n) is 13.2. The van der Waals surface area contributed by atoms with E-state index in [4.69, 9.17) is 9.97 Å². The first-order chi connectivity index (χ1) is 30.1. The van der Waals surface area contributed by atoms with E-state index in [1.165, 1.54) is 0 Å². The average Bonchev–Trinajstić information content (AvgIpc) is 4.15. The fourth-order valence-corrected chi connectivity index (χ4v) is 9.98. The van der Waals surface area contributed by atoms with Gasteiger partial charge in [-0.15, -0.1) is 0 Å². The third kappa shape index (κ3) is 7.20. The minimum absolute atomic E-state index is 0.0333. The first kappa shape index (κ1) is 39.4. The lowest BCUT2D eigenvalue weighted by molar-refractivity contribution is -0.139. The highest BCUT2D eigenvalue weighted by Gasteiger charge is 2.56. The van der Waals surface area contributed by atoms with E-state index in [1.807, 2.05) is 24.9 Å². The number of benzene rings is 3. The van der Waals surface area contributed by atoms with Crippen LogP contribution in [-0.4, -0.2) is 86.7 Å². The summed E-state index contributed by atoms with van der Waals surface area (Å²) in [5.74, 6) is 3.22. The van der Waals surface area contributed by atoms with Crippen LogP contribution in [0.5, 0.6) is 0 Å². The molecule has 2 amide bonds. The molecule has 0 radical (unpaired) electrons. The van der Waals surface area contributed by atoms with Gasteiger partial charge in [-0.2, -0.15) is 0 Å². The van der Waals surface area contributed by atoms with Crippen LogP contribution in [0.3, 0.4) is 0 Å². The van der Waals surface area contributed by atoms with E-state index < -0.39 is 17.6 Å². The molecule has 3 aliphatic rings. The van der Waals surface area contributed by atoms with Crippen LogP contribution in [0.1, 0.15) is 77.5 Å². The van der Waals surface area contributed by atoms with Crippen molar-refractivity contribution in [3.05, 3.63) is 109 Å². The number of imidazole rings is 2.